The number of phenols is 1. The van der Waals surface area contributed by atoms with Gasteiger partial charge in [-0.25, -0.2) is 0 Å². The number of hydrogen-bond acceptors (Lipinski definition) is 3. The first kappa shape index (κ1) is 13.1. The number of benzene rings is 1. The van der Waals surface area contributed by atoms with E-state index in [0.717, 1.165) is 5.56 Å². The van der Waals surface area contributed by atoms with Gasteiger partial charge in [-0.1, -0.05) is 24.3 Å². The highest BCUT2D eigenvalue weighted by atomic mass is 16.3. The van der Waals surface area contributed by atoms with Crippen LogP contribution in [0.3, 0.4) is 0 Å². The van der Waals surface area contributed by atoms with Crippen LogP contribution in [-0.2, 0) is 11.2 Å². The van der Waals surface area contributed by atoms with E-state index in [1.54, 1.807) is 36.7 Å². The molecule has 0 radical (unpaired) electrons. The Balaban J connectivity index is 1.97. The van der Waals surface area contributed by atoms with Crippen LogP contribution in [0.15, 0.2) is 48.8 Å². The Morgan fingerprint density at radius 1 is 1.32 bits per heavy atom. The zero-order chi connectivity index (χ0) is 13.7. The molecule has 0 aliphatic rings. The second kappa shape index (κ2) is 6.00. The van der Waals surface area contributed by atoms with Gasteiger partial charge in [0, 0.05) is 18.0 Å². The van der Waals surface area contributed by atoms with Crippen molar-refractivity contribution in [2.45, 2.75) is 19.4 Å². The Hall–Kier alpha value is -2.36. The highest BCUT2D eigenvalue weighted by Gasteiger charge is 2.11. The normalized spacial score (nSPS) is 11.8. The molecule has 1 amide bonds. The lowest BCUT2D eigenvalue weighted by molar-refractivity contribution is -0.121. The van der Waals surface area contributed by atoms with Crippen molar-refractivity contribution in [3.8, 4) is 5.75 Å². The predicted octanol–water partition coefficient (Wildman–Crippen LogP) is 2.21. The Morgan fingerprint density at radius 2 is 2.11 bits per heavy atom. The van der Waals surface area contributed by atoms with Crippen LogP contribution in [0, 0.1) is 0 Å². The van der Waals surface area contributed by atoms with Crippen LogP contribution >= 0.6 is 0 Å². The van der Waals surface area contributed by atoms with Gasteiger partial charge >= 0.3 is 0 Å². The fourth-order valence-corrected chi connectivity index (χ4v) is 1.84. The van der Waals surface area contributed by atoms with Crippen LogP contribution in [0.1, 0.15) is 24.1 Å². The van der Waals surface area contributed by atoms with E-state index in [0.29, 0.717) is 5.56 Å². The number of rotatable bonds is 4. The Kier molecular flexibility index (Phi) is 4.13. The van der Waals surface area contributed by atoms with Gasteiger partial charge in [0.15, 0.2) is 0 Å². The van der Waals surface area contributed by atoms with Gasteiger partial charge in [0.1, 0.15) is 5.75 Å². The molecule has 2 rings (SSSR count). The Labute approximate surface area is 112 Å². The van der Waals surface area contributed by atoms with Gasteiger partial charge in [-0.2, -0.15) is 0 Å². The van der Waals surface area contributed by atoms with Crippen molar-refractivity contribution in [3.63, 3.8) is 0 Å². The van der Waals surface area contributed by atoms with Crippen LogP contribution in [0.5, 0.6) is 5.75 Å². The summed E-state index contributed by atoms with van der Waals surface area (Å²) in [5, 5.41) is 12.5. The number of aromatic nitrogens is 1. The van der Waals surface area contributed by atoms with Crippen LogP contribution in [0.25, 0.3) is 0 Å². The molecule has 1 aromatic heterocycles. The molecule has 4 heteroatoms. The number of amides is 1. The lowest BCUT2D eigenvalue weighted by Crippen LogP contribution is -2.28. The molecule has 1 unspecified atom stereocenters. The molecule has 1 aromatic carbocycles. The largest absolute Gasteiger partial charge is 0.508 e. The van der Waals surface area contributed by atoms with E-state index in [-0.39, 0.29) is 24.1 Å². The minimum atomic E-state index is -0.127. The van der Waals surface area contributed by atoms with Crippen molar-refractivity contribution in [2.75, 3.05) is 0 Å². The lowest BCUT2D eigenvalue weighted by Gasteiger charge is -2.14. The molecule has 2 aromatic rings. The van der Waals surface area contributed by atoms with E-state index in [1.807, 2.05) is 19.1 Å². The van der Waals surface area contributed by atoms with Gasteiger partial charge in [-0.3, -0.25) is 9.78 Å². The van der Waals surface area contributed by atoms with Gasteiger partial charge in [0.2, 0.25) is 5.91 Å². The lowest BCUT2D eigenvalue weighted by atomic mass is 10.1. The van der Waals surface area contributed by atoms with Crippen molar-refractivity contribution in [1.82, 2.24) is 10.3 Å². The summed E-state index contributed by atoms with van der Waals surface area (Å²) in [5.41, 5.74) is 1.58. The fraction of sp³-hybridized carbons (Fsp3) is 0.200. The van der Waals surface area contributed by atoms with E-state index in [1.165, 1.54) is 0 Å². The summed E-state index contributed by atoms with van der Waals surface area (Å²) in [5.74, 6) is 0.0181. The van der Waals surface area contributed by atoms with Gasteiger partial charge < -0.3 is 10.4 Å². The molecule has 0 aliphatic heterocycles. The fourth-order valence-electron chi connectivity index (χ4n) is 1.84. The molecule has 0 saturated heterocycles. The van der Waals surface area contributed by atoms with E-state index < -0.39 is 0 Å². The van der Waals surface area contributed by atoms with E-state index >= 15 is 0 Å². The van der Waals surface area contributed by atoms with E-state index in [4.69, 9.17) is 0 Å². The second-order valence-electron chi connectivity index (χ2n) is 4.38. The first-order chi connectivity index (χ1) is 9.16. The molecule has 0 bridgehead atoms. The summed E-state index contributed by atoms with van der Waals surface area (Å²) in [6.45, 7) is 1.90. The minimum absolute atomic E-state index is 0.105. The third-order valence-electron chi connectivity index (χ3n) is 2.90. The molecule has 0 spiro atoms. The molecule has 19 heavy (non-hydrogen) atoms. The maximum absolute atomic E-state index is 11.9. The van der Waals surface area contributed by atoms with Crippen LogP contribution in [0.4, 0.5) is 0 Å². The first-order valence-corrected chi connectivity index (χ1v) is 6.13. The van der Waals surface area contributed by atoms with Crippen molar-refractivity contribution >= 4 is 5.91 Å². The second-order valence-corrected chi connectivity index (χ2v) is 4.38. The number of para-hydroxylation sites is 1. The van der Waals surface area contributed by atoms with Crippen LogP contribution in [-0.4, -0.2) is 16.0 Å². The Bertz CT molecular complexity index is 555. The van der Waals surface area contributed by atoms with Gasteiger partial charge in [0.05, 0.1) is 12.5 Å². The van der Waals surface area contributed by atoms with Gasteiger partial charge in [-0.05, 0) is 24.6 Å². The zero-order valence-corrected chi connectivity index (χ0v) is 10.7. The summed E-state index contributed by atoms with van der Waals surface area (Å²) in [7, 11) is 0. The number of carbonyl (C=O) groups is 1. The maximum atomic E-state index is 11.9. The van der Waals surface area contributed by atoms with Crippen molar-refractivity contribution in [1.29, 1.82) is 0 Å². The third-order valence-corrected chi connectivity index (χ3v) is 2.90. The summed E-state index contributed by atoms with van der Waals surface area (Å²) < 4.78 is 0. The summed E-state index contributed by atoms with van der Waals surface area (Å²) >= 11 is 0. The highest BCUT2D eigenvalue weighted by molar-refractivity contribution is 5.79. The van der Waals surface area contributed by atoms with E-state index in [9.17, 15) is 9.90 Å². The van der Waals surface area contributed by atoms with Gasteiger partial charge in [-0.15, -0.1) is 0 Å². The summed E-state index contributed by atoms with van der Waals surface area (Å²) in [4.78, 5) is 15.9. The molecular formula is C15H16N2O2. The standard InChI is InChI=1S/C15H16N2O2/c1-11(13-6-4-8-16-10-13)17-15(19)9-12-5-2-3-7-14(12)18/h2-8,10-11,18H,9H2,1H3,(H,17,19). The molecule has 0 fully saturated rings. The Morgan fingerprint density at radius 3 is 2.79 bits per heavy atom. The average Bonchev–Trinajstić information content (AvgIpc) is 2.42. The number of aromatic hydroxyl groups is 1. The van der Waals surface area contributed by atoms with Crippen molar-refractivity contribution in [2.24, 2.45) is 0 Å². The minimum Gasteiger partial charge on any atom is -0.508 e. The number of pyridine rings is 1. The number of carbonyl (C=O) groups excluding carboxylic acids is 1. The highest BCUT2D eigenvalue weighted by Crippen LogP contribution is 2.17. The summed E-state index contributed by atoms with van der Waals surface area (Å²) in [6, 6.07) is 10.5. The molecule has 0 saturated carbocycles. The SMILES string of the molecule is CC(NC(=O)Cc1ccccc1O)c1cccnc1. The number of nitrogens with zero attached hydrogens (tertiary/aromatic N) is 1. The van der Waals surface area contributed by atoms with Crippen molar-refractivity contribution in [3.05, 3.63) is 59.9 Å². The molecule has 1 heterocycles. The third kappa shape index (κ3) is 3.55. The molecule has 0 aliphatic carbocycles. The van der Waals surface area contributed by atoms with Gasteiger partial charge in [0.25, 0.3) is 0 Å². The maximum Gasteiger partial charge on any atom is 0.225 e. The smallest absolute Gasteiger partial charge is 0.225 e. The number of nitrogens with one attached hydrogen (secondary N) is 1. The number of phenolic OH excluding ortho intramolecular Hbond substituents is 1. The van der Waals surface area contributed by atoms with Crippen LogP contribution in [0.2, 0.25) is 0 Å². The zero-order valence-electron chi connectivity index (χ0n) is 10.7. The topological polar surface area (TPSA) is 62.2 Å². The molecule has 98 valence electrons. The number of hydrogen-bond donors (Lipinski definition) is 2. The summed E-state index contributed by atoms with van der Waals surface area (Å²) in [6.07, 6.45) is 3.59. The molecule has 2 N–H and O–H groups in total. The quantitative estimate of drug-likeness (QED) is 0.881. The van der Waals surface area contributed by atoms with E-state index in [2.05, 4.69) is 10.3 Å². The average molecular weight is 256 g/mol. The molecular weight excluding hydrogens is 240 g/mol. The van der Waals surface area contributed by atoms with Crippen LogP contribution < -0.4 is 5.32 Å². The molecule has 4 nitrogen and oxygen atoms in total. The monoisotopic (exact) mass is 256 g/mol. The van der Waals surface area contributed by atoms with Crippen molar-refractivity contribution < 1.29 is 9.90 Å². The first-order valence-electron chi connectivity index (χ1n) is 6.13. The molecule has 1 atom stereocenters. The predicted molar refractivity (Wildman–Crippen MR) is 72.6 cm³/mol.